The van der Waals surface area contributed by atoms with E-state index >= 15 is 0 Å². The molecule has 1 heterocycles. The Balaban J connectivity index is 2.53. The zero-order chi connectivity index (χ0) is 11.4. The molecule has 0 bridgehead atoms. The van der Waals surface area contributed by atoms with Crippen molar-refractivity contribution in [3.8, 4) is 0 Å². The van der Waals surface area contributed by atoms with Crippen molar-refractivity contribution in [1.82, 2.24) is 10.3 Å². The molecule has 2 unspecified atom stereocenters. The summed E-state index contributed by atoms with van der Waals surface area (Å²) in [6.07, 6.45) is 0.980. The van der Waals surface area contributed by atoms with Gasteiger partial charge in [-0.05, 0) is 20.3 Å². The predicted molar refractivity (Wildman–Crippen MR) is 60.7 cm³/mol. The number of hydrogen-bond donors (Lipinski definition) is 2. The van der Waals surface area contributed by atoms with E-state index in [1.807, 2.05) is 13.8 Å². The van der Waals surface area contributed by atoms with E-state index in [0.29, 0.717) is 0 Å². The molecule has 1 rings (SSSR count). The number of hydrogen-bond acceptors (Lipinski definition) is 4. The maximum absolute atomic E-state index is 5.83. The van der Waals surface area contributed by atoms with Gasteiger partial charge in [-0.3, -0.25) is 0 Å². The Kier molecular flexibility index (Phi) is 4.29. The van der Waals surface area contributed by atoms with Gasteiger partial charge >= 0.3 is 0 Å². The summed E-state index contributed by atoms with van der Waals surface area (Å²) in [5, 5.41) is 3.34. The van der Waals surface area contributed by atoms with Crippen LogP contribution in [0.15, 0.2) is 4.42 Å². The van der Waals surface area contributed by atoms with E-state index in [4.69, 9.17) is 10.2 Å². The second kappa shape index (κ2) is 5.28. The topological polar surface area (TPSA) is 64.1 Å². The van der Waals surface area contributed by atoms with Crippen molar-refractivity contribution < 1.29 is 4.42 Å². The second-order valence-corrected chi connectivity index (χ2v) is 3.98. The highest BCUT2D eigenvalue weighted by molar-refractivity contribution is 5.11. The van der Waals surface area contributed by atoms with Gasteiger partial charge in [-0.1, -0.05) is 6.92 Å². The van der Waals surface area contributed by atoms with Crippen molar-refractivity contribution in [3.05, 3.63) is 17.3 Å². The molecule has 0 radical (unpaired) electrons. The molecule has 0 amide bonds. The van der Waals surface area contributed by atoms with Gasteiger partial charge in [-0.15, -0.1) is 0 Å². The fourth-order valence-electron chi connectivity index (χ4n) is 1.51. The van der Waals surface area contributed by atoms with E-state index < -0.39 is 0 Å². The van der Waals surface area contributed by atoms with Crippen LogP contribution >= 0.6 is 0 Å². The van der Waals surface area contributed by atoms with Crippen LogP contribution in [0.25, 0.3) is 0 Å². The lowest BCUT2D eigenvalue weighted by atomic mass is 10.2. The zero-order valence-electron chi connectivity index (χ0n) is 10.0. The Labute approximate surface area is 91.3 Å². The normalized spacial score (nSPS) is 15.3. The molecular formula is C11H21N3O. The first kappa shape index (κ1) is 12.2. The summed E-state index contributed by atoms with van der Waals surface area (Å²) in [6, 6.07) is 0.376. The third-order valence-corrected chi connectivity index (χ3v) is 2.54. The van der Waals surface area contributed by atoms with E-state index in [2.05, 4.69) is 24.1 Å². The molecule has 0 aliphatic heterocycles. The Morgan fingerprint density at radius 3 is 2.60 bits per heavy atom. The van der Waals surface area contributed by atoms with Crippen molar-refractivity contribution in [2.24, 2.45) is 5.73 Å². The molecule has 4 heteroatoms. The van der Waals surface area contributed by atoms with E-state index in [0.717, 1.165) is 30.3 Å². The van der Waals surface area contributed by atoms with Gasteiger partial charge in [0.15, 0.2) is 5.89 Å². The molecule has 15 heavy (non-hydrogen) atoms. The molecule has 0 spiro atoms. The van der Waals surface area contributed by atoms with E-state index in [1.54, 1.807) is 0 Å². The molecule has 2 atom stereocenters. The summed E-state index contributed by atoms with van der Waals surface area (Å²) in [6.45, 7) is 8.78. The van der Waals surface area contributed by atoms with Crippen molar-refractivity contribution in [2.45, 2.75) is 46.2 Å². The quantitative estimate of drug-likeness (QED) is 0.777. The van der Waals surface area contributed by atoms with Gasteiger partial charge in [0.2, 0.25) is 0 Å². The fraction of sp³-hybridized carbons (Fsp3) is 0.727. The summed E-state index contributed by atoms with van der Waals surface area (Å²) in [5.41, 5.74) is 6.79. The third kappa shape index (κ3) is 3.32. The summed E-state index contributed by atoms with van der Waals surface area (Å²) in [7, 11) is 0. The number of aryl methyl sites for hydroxylation is 2. The van der Waals surface area contributed by atoms with Crippen molar-refractivity contribution in [1.29, 1.82) is 0 Å². The number of rotatable bonds is 5. The highest BCUT2D eigenvalue weighted by atomic mass is 16.4. The molecule has 86 valence electrons. The Morgan fingerprint density at radius 1 is 1.47 bits per heavy atom. The van der Waals surface area contributed by atoms with Crippen LogP contribution in [0, 0.1) is 13.8 Å². The number of nitrogens with one attached hydrogen (secondary N) is 1. The van der Waals surface area contributed by atoms with Gasteiger partial charge in [0, 0.05) is 19.5 Å². The van der Waals surface area contributed by atoms with Gasteiger partial charge in [0.1, 0.15) is 5.76 Å². The lowest BCUT2D eigenvalue weighted by Crippen LogP contribution is -2.34. The fourth-order valence-corrected chi connectivity index (χ4v) is 1.51. The first-order valence-electron chi connectivity index (χ1n) is 5.47. The lowest BCUT2D eigenvalue weighted by molar-refractivity contribution is 0.401. The molecule has 0 aliphatic carbocycles. The van der Waals surface area contributed by atoms with Gasteiger partial charge in [-0.25, -0.2) is 4.98 Å². The summed E-state index contributed by atoms with van der Waals surface area (Å²) in [4.78, 5) is 4.24. The maximum Gasteiger partial charge on any atom is 0.191 e. The average molecular weight is 211 g/mol. The van der Waals surface area contributed by atoms with E-state index in [9.17, 15) is 0 Å². The maximum atomic E-state index is 5.83. The van der Waals surface area contributed by atoms with Gasteiger partial charge in [0.05, 0.1) is 11.7 Å². The molecule has 0 fully saturated rings. The van der Waals surface area contributed by atoms with Crippen molar-refractivity contribution in [2.75, 3.05) is 6.54 Å². The largest absolute Gasteiger partial charge is 0.444 e. The Hall–Kier alpha value is -0.870. The number of nitrogens with zero attached hydrogens (tertiary/aromatic N) is 1. The SMILES string of the molecule is CCC(N)CNC(C)c1oc(C)nc1C. The van der Waals surface area contributed by atoms with Gasteiger partial charge in [-0.2, -0.15) is 0 Å². The van der Waals surface area contributed by atoms with Gasteiger partial charge in [0.25, 0.3) is 0 Å². The first-order valence-corrected chi connectivity index (χ1v) is 5.47. The standard InChI is InChI=1S/C11H21N3O/c1-5-10(12)6-13-7(2)11-8(3)14-9(4)15-11/h7,10,13H,5-6,12H2,1-4H3. The van der Waals surface area contributed by atoms with E-state index in [-0.39, 0.29) is 12.1 Å². The van der Waals surface area contributed by atoms with Crippen LogP contribution in [-0.4, -0.2) is 17.6 Å². The highest BCUT2D eigenvalue weighted by Crippen LogP contribution is 2.17. The van der Waals surface area contributed by atoms with Crippen LogP contribution in [-0.2, 0) is 0 Å². The highest BCUT2D eigenvalue weighted by Gasteiger charge is 2.14. The minimum Gasteiger partial charge on any atom is -0.444 e. The molecule has 4 nitrogen and oxygen atoms in total. The molecule has 0 saturated carbocycles. The molecule has 1 aromatic heterocycles. The smallest absolute Gasteiger partial charge is 0.191 e. The average Bonchev–Trinajstić information content (AvgIpc) is 2.53. The summed E-state index contributed by atoms with van der Waals surface area (Å²) >= 11 is 0. The summed E-state index contributed by atoms with van der Waals surface area (Å²) < 4.78 is 5.53. The number of nitrogens with two attached hydrogens (primary N) is 1. The van der Waals surface area contributed by atoms with Crippen molar-refractivity contribution in [3.63, 3.8) is 0 Å². The van der Waals surface area contributed by atoms with Crippen LogP contribution in [0.3, 0.4) is 0 Å². The third-order valence-electron chi connectivity index (χ3n) is 2.54. The lowest BCUT2D eigenvalue weighted by Gasteiger charge is -2.15. The zero-order valence-corrected chi connectivity index (χ0v) is 10.0. The van der Waals surface area contributed by atoms with Crippen LogP contribution in [0.5, 0.6) is 0 Å². The molecule has 0 saturated heterocycles. The van der Waals surface area contributed by atoms with Crippen LogP contribution < -0.4 is 11.1 Å². The minimum absolute atomic E-state index is 0.170. The minimum atomic E-state index is 0.170. The van der Waals surface area contributed by atoms with E-state index in [1.165, 1.54) is 0 Å². The van der Waals surface area contributed by atoms with Crippen LogP contribution in [0.4, 0.5) is 0 Å². The first-order chi connectivity index (χ1) is 7.04. The monoisotopic (exact) mass is 211 g/mol. The molecule has 0 aromatic carbocycles. The van der Waals surface area contributed by atoms with Gasteiger partial charge < -0.3 is 15.5 Å². The van der Waals surface area contributed by atoms with Crippen LogP contribution in [0.2, 0.25) is 0 Å². The molecular weight excluding hydrogens is 190 g/mol. The molecule has 1 aromatic rings. The molecule has 0 aliphatic rings. The van der Waals surface area contributed by atoms with Crippen LogP contribution in [0.1, 0.15) is 43.7 Å². The van der Waals surface area contributed by atoms with Crippen molar-refractivity contribution >= 4 is 0 Å². The second-order valence-electron chi connectivity index (χ2n) is 3.98. The number of oxazole rings is 1. The Morgan fingerprint density at radius 2 is 2.13 bits per heavy atom. The predicted octanol–water partition coefficient (Wildman–Crippen LogP) is 1.68. The number of aromatic nitrogens is 1. The molecule has 3 N–H and O–H groups in total. The Bertz CT molecular complexity index is 309. The summed E-state index contributed by atoms with van der Waals surface area (Å²) in [5.74, 6) is 1.63.